The van der Waals surface area contributed by atoms with E-state index in [0.717, 1.165) is 22.3 Å². The molecule has 1 aromatic heterocycles. The predicted molar refractivity (Wildman–Crippen MR) is 144 cm³/mol. The van der Waals surface area contributed by atoms with E-state index in [2.05, 4.69) is 11.4 Å². The molecule has 0 bridgehead atoms. The van der Waals surface area contributed by atoms with Crippen molar-refractivity contribution in [2.24, 2.45) is 5.41 Å². The molecule has 3 rings (SSSR count). The molecule has 0 spiro atoms. The first-order valence-electron chi connectivity index (χ1n) is 12.5. The Hall–Kier alpha value is -3.89. The van der Waals surface area contributed by atoms with Crippen molar-refractivity contribution >= 4 is 11.9 Å². The molecule has 0 fully saturated rings. The van der Waals surface area contributed by atoms with Crippen molar-refractivity contribution in [3.63, 3.8) is 0 Å². The number of aliphatic carboxylic acids is 1. The number of carbonyl (C=O) groups is 2. The number of unbranched alkanes of at least 4 members (excludes halogenated alkanes) is 1. The van der Waals surface area contributed by atoms with Crippen LogP contribution in [0.3, 0.4) is 0 Å². The first-order valence-corrected chi connectivity index (χ1v) is 12.5. The highest BCUT2D eigenvalue weighted by Crippen LogP contribution is 2.28. The van der Waals surface area contributed by atoms with Crippen LogP contribution >= 0.6 is 0 Å². The summed E-state index contributed by atoms with van der Waals surface area (Å²) in [5, 5.41) is 30.8. The van der Waals surface area contributed by atoms with Crippen molar-refractivity contribution < 1.29 is 19.8 Å². The second-order valence-electron chi connectivity index (χ2n) is 10.4. The fraction of sp³-hybridized carbons (Fsp3) is 0.367. The molecule has 3 aromatic rings. The van der Waals surface area contributed by atoms with Crippen LogP contribution in [0.15, 0.2) is 67.0 Å². The van der Waals surface area contributed by atoms with Gasteiger partial charge in [0.05, 0.1) is 24.3 Å². The molecule has 7 nitrogen and oxygen atoms in total. The van der Waals surface area contributed by atoms with Crippen LogP contribution in [0.2, 0.25) is 0 Å². The molecule has 2 atom stereocenters. The summed E-state index contributed by atoms with van der Waals surface area (Å²) in [6.45, 7) is 5.73. The lowest BCUT2D eigenvalue weighted by atomic mass is 9.87. The van der Waals surface area contributed by atoms with E-state index in [1.165, 1.54) is 0 Å². The Balaban J connectivity index is 1.79. The molecule has 3 N–H and O–H groups in total. The summed E-state index contributed by atoms with van der Waals surface area (Å²) in [5.41, 5.74) is 4.35. The number of rotatable bonds is 11. The van der Waals surface area contributed by atoms with Gasteiger partial charge in [-0.05, 0) is 58.7 Å². The topological polar surface area (TPSA) is 115 Å². The molecule has 0 aliphatic rings. The summed E-state index contributed by atoms with van der Waals surface area (Å²) in [5.74, 6) is -1.04. The molecule has 2 aromatic carbocycles. The van der Waals surface area contributed by atoms with Crippen molar-refractivity contribution in [3.05, 3.63) is 72.6 Å². The van der Waals surface area contributed by atoms with Crippen LogP contribution in [-0.4, -0.2) is 39.3 Å². The summed E-state index contributed by atoms with van der Waals surface area (Å²) < 4.78 is 1.87. The van der Waals surface area contributed by atoms with E-state index in [4.69, 9.17) is 10.4 Å². The minimum Gasteiger partial charge on any atom is -0.481 e. The number of carbonyl (C=O) groups excluding carboxylic acids is 1. The Morgan fingerprint density at radius 3 is 2.03 bits per heavy atom. The lowest BCUT2D eigenvalue weighted by Crippen LogP contribution is -2.48. The highest BCUT2D eigenvalue weighted by molar-refractivity contribution is 5.81. The summed E-state index contributed by atoms with van der Waals surface area (Å²) in [6.07, 6.45) is 5.45. The van der Waals surface area contributed by atoms with E-state index < -0.39 is 18.1 Å². The number of aliphatic hydroxyl groups is 1. The summed E-state index contributed by atoms with van der Waals surface area (Å²) in [6, 6.07) is 18.7. The van der Waals surface area contributed by atoms with Gasteiger partial charge < -0.3 is 20.1 Å². The third kappa shape index (κ3) is 7.55. The highest BCUT2D eigenvalue weighted by atomic mass is 16.4. The number of nitrogens with zero attached hydrogens (tertiary/aromatic N) is 2. The molecule has 0 saturated heterocycles. The lowest BCUT2D eigenvalue weighted by Gasteiger charge is -2.31. The van der Waals surface area contributed by atoms with E-state index >= 15 is 0 Å². The Kier molecular flexibility index (Phi) is 9.26. The first kappa shape index (κ1) is 27.7. The molecule has 7 heteroatoms. The number of hydrogen-bond acceptors (Lipinski definition) is 4. The van der Waals surface area contributed by atoms with Gasteiger partial charge in [-0.25, -0.2) is 0 Å². The Morgan fingerprint density at radius 1 is 0.946 bits per heavy atom. The maximum Gasteiger partial charge on any atom is 0.303 e. The van der Waals surface area contributed by atoms with Gasteiger partial charge in [-0.2, -0.15) is 5.26 Å². The Labute approximate surface area is 218 Å². The number of aliphatic hydroxyl groups excluding tert-OH is 1. The molecule has 0 aliphatic heterocycles. The average molecular weight is 502 g/mol. The van der Waals surface area contributed by atoms with E-state index in [0.29, 0.717) is 24.8 Å². The number of nitriles is 1. The van der Waals surface area contributed by atoms with Gasteiger partial charge in [-0.1, -0.05) is 63.6 Å². The number of amides is 1. The van der Waals surface area contributed by atoms with E-state index in [1.807, 2.05) is 80.2 Å². The van der Waals surface area contributed by atoms with Crippen LogP contribution in [0.5, 0.6) is 0 Å². The standard InChI is InChI=1S/C30H35N3O4/c1-30(2,3)27(20-34)32-29(37)26(6-4-5-7-28(35)36)33-17-16-25(19-33)24-14-12-23(13-15-24)22-10-8-21(18-31)9-11-22/h8-17,19,26-27,34H,4-7,20H2,1-3H3,(H,32,37)(H,35,36)/t26-,27+/m0/s1. The molecular formula is C30H35N3O4. The zero-order chi connectivity index (χ0) is 27.0. The maximum absolute atomic E-state index is 13.3. The van der Waals surface area contributed by atoms with Gasteiger partial charge in [0.25, 0.3) is 0 Å². The Bertz CT molecular complexity index is 1230. The van der Waals surface area contributed by atoms with Crippen molar-refractivity contribution in [3.8, 4) is 28.3 Å². The van der Waals surface area contributed by atoms with Crippen molar-refractivity contribution in [1.29, 1.82) is 5.26 Å². The number of benzene rings is 2. The molecule has 0 unspecified atom stereocenters. The average Bonchev–Trinajstić information content (AvgIpc) is 3.36. The van der Waals surface area contributed by atoms with Crippen LogP contribution in [0.25, 0.3) is 22.3 Å². The van der Waals surface area contributed by atoms with Gasteiger partial charge in [-0.3, -0.25) is 9.59 Å². The SMILES string of the molecule is CC(C)(C)[C@@H](CO)NC(=O)[C@H](CCCCC(=O)O)n1ccc(-c2ccc(-c3ccc(C#N)cc3)cc2)c1. The fourth-order valence-corrected chi connectivity index (χ4v) is 4.20. The third-order valence-corrected chi connectivity index (χ3v) is 6.61. The highest BCUT2D eigenvalue weighted by Gasteiger charge is 2.29. The van der Waals surface area contributed by atoms with E-state index in [-0.39, 0.29) is 24.3 Å². The largest absolute Gasteiger partial charge is 0.481 e. The fourth-order valence-electron chi connectivity index (χ4n) is 4.20. The van der Waals surface area contributed by atoms with Crippen LogP contribution in [0.1, 0.15) is 58.1 Å². The first-order chi connectivity index (χ1) is 17.6. The van der Waals surface area contributed by atoms with E-state index in [9.17, 15) is 14.7 Å². The smallest absolute Gasteiger partial charge is 0.303 e. The maximum atomic E-state index is 13.3. The third-order valence-electron chi connectivity index (χ3n) is 6.61. The minimum absolute atomic E-state index is 0.0676. The number of aromatic nitrogens is 1. The van der Waals surface area contributed by atoms with Crippen molar-refractivity contribution in [2.45, 2.75) is 58.5 Å². The zero-order valence-electron chi connectivity index (χ0n) is 21.6. The molecule has 1 amide bonds. The molecule has 37 heavy (non-hydrogen) atoms. The predicted octanol–water partition coefficient (Wildman–Crippen LogP) is 5.40. The molecule has 1 heterocycles. The van der Waals surface area contributed by atoms with Crippen LogP contribution < -0.4 is 5.32 Å². The van der Waals surface area contributed by atoms with Gasteiger partial charge in [-0.15, -0.1) is 0 Å². The monoisotopic (exact) mass is 501 g/mol. The van der Waals surface area contributed by atoms with Crippen LogP contribution in [-0.2, 0) is 9.59 Å². The van der Waals surface area contributed by atoms with Gasteiger partial charge in [0.2, 0.25) is 5.91 Å². The molecule has 0 aliphatic carbocycles. The minimum atomic E-state index is -0.846. The number of nitrogens with one attached hydrogen (secondary N) is 1. The van der Waals surface area contributed by atoms with Crippen LogP contribution in [0, 0.1) is 16.7 Å². The summed E-state index contributed by atoms with van der Waals surface area (Å²) in [4.78, 5) is 24.2. The molecule has 194 valence electrons. The number of carboxylic acid groups (broad SMARTS) is 1. The number of carboxylic acids is 1. The number of hydrogen-bond donors (Lipinski definition) is 3. The second-order valence-corrected chi connectivity index (χ2v) is 10.4. The normalized spacial score (nSPS) is 12.9. The van der Waals surface area contributed by atoms with Gasteiger partial charge in [0.15, 0.2) is 0 Å². The van der Waals surface area contributed by atoms with E-state index in [1.54, 1.807) is 12.1 Å². The molecular weight excluding hydrogens is 466 g/mol. The quantitative estimate of drug-likeness (QED) is 0.304. The second kappa shape index (κ2) is 12.4. The Morgan fingerprint density at radius 2 is 1.51 bits per heavy atom. The van der Waals surface area contributed by atoms with Crippen LogP contribution in [0.4, 0.5) is 0 Å². The van der Waals surface area contributed by atoms with Gasteiger partial charge in [0, 0.05) is 18.8 Å². The summed E-state index contributed by atoms with van der Waals surface area (Å²) in [7, 11) is 0. The van der Waals surface area contributed by atoms with Crippen molar-refractivity contribution in [1.82, 2.24) is 9.88 Å². The lowest BCUT2D eigenvalue weighted by molar-refractivity contribution is -0.137. The summed E-state index contributed by atoms with van der Waals surface area (Å²) >= 11 is 0. The van der Waals surface area contributed by atoms with Gasteiger partial charge >= 0.3 is 5.97 Å². The molecule has 0 radical (unpaired) electrons. The zero-order valence-corrected chi connectivity index (χ0v) is 21.6. The van der Waals surface area contributed by atoms with Gasteiger partial charge in [0.1, 0.15) is 6.04 Å². The van der Waals surface area contributed by atoms with Crippen molar-refractivity contribution in [2.75, 3.05) is 6.61 Å². The molecule has 0 saturated carbocycles.